The number of pyridine rings is 1. The fourth-order valence-corrected chi connectivity index (χ4v) is 2.75. The average Bonchev–Trinajstić information content (AvgIpc) is 2.85. The maximum Gasteiger partial charge on any atom is 0.311 e. The van der Waals surface area contributed by atoms with E-state index in [0.29, 0.717) is 10.2 Å². The summed E-state index contributed by atoms with van der Waals surface area (Å²) in [6, 6.07) is 6.56. The Bertz CT molecular complexity index is 632. The minimum absolute atomic E-state index is 0.0569. The number of nitro groups is 1. The van der Waals surface area contributed by atoms with Crippen molar-refractivity contribution in [3.63, 3.8) is 0 Å². The van der Waals surface area contributed by atoms with Crippen molar-refractivity contribution in [1.82, 2.24) is 4.98 Å². The molecule has 0 aliphatic rings. The minimum Gasteiger partial charge on any atom is -0.373 e. The Kier molecular flexibility index (Phi) is 4.41. The number of nitrogens with zero attached hydrogens (tertiary/aromatic N) is 2. The molecule has 2 rings (SSSR count). The number of aromatic nitrogens is 1. The normalized spacial score (nSPS) is 11.9. The molecule has 2 aromatic heterocycles. The van der Waals surface area contributed by atoms with E-state index in [1.165, 1.54) is 17.4 Å². The number of nitrogens with one attached hydrogen (secondary N) is 2. The standard InChI is InChI=1S/C12H13ClN4O2S/c1-7(9-4-5-10(13)20-9)15-12-8(17(18)19)3-6-11(14-2)16-12/h3-7H,1-2H3,(H2,14,15,16). The Labute approximate surface area is 124 Å². The minimum atomic E-state index is -0.455. The third-order valence-corrected chi connectivity index (χ3v) is 4.11. The van der Waals surface area contributed by atoms with E-state index in [2.05, 4.69) is 15.6 Å². The van der Waals surface area contributed by atoms with Crippen LogP contribution in [0.3, 0.4) is 0 Å². The van der Waals surface area contributed by atoms with E-state index in [1.54, 1.807) is 19.2 Å². The Morgan fingerprint density at radius 2 is 2.15 bits per heavy atom. The Morgan fingerprint density at radius 3 is 2.70 bits per heavy atom. The van der Waals surface area contributed by atoms with Gasteiger partial charge in [-0.1, -0.05) is 11.6 Å². The van der Waals surface area contributed by atoms with Crippen molar-refractivity contribution in [3.8, 4) is 0 Å². The second-order valence-electron chi connectivity index (χ2n) is 4.08. The third kappa shape index (κ3) is 3.17. The molecule has 2 N–H and O–H groups in total. The number of halogens is 1. The van der Waals surface area contributed by atoms with Crippen LogP contribution in [-0.4, -0.2) is 17.0 Å². The van der Waals surface area contributed by atoms with E-state index in [0.717, 1.165) is 4.88 Å². The van der Waals surface area contributed by atoms with Gasteiger partial charge in [0.15, 0.2) is 0 Å². The van der Waals surface area contributed by atoms with Crippen molar-refractivity contribution in [1.29, 1.82) is 0 Å². The highest BCUT2D eigenvalue weighted by Gasteiger charge is 2.19. The highest BCUT2D eigenvalue weighted by molar-refractivity contribution is 7.16. The van der Waals surface area contributed by atoms with E-state index in [-0.39, 0.29) is 17.5 Å². The first-order valence-corrected chi connectivity index (χ1v) is 7.05. The van der Waals surface area contributed by atoms with Crippen LogP contribution in [0, 0.1) is 10.1 Å². The maximum atomic E-state index is 11.0. The zero-order valence-corrected chi connectivity index (χ0v) is 12.5. The van der Waals surface area contributed by atoms with Crippen LogP contribution in [0.15, 0.2) is 24.3 Å². The van der Waals surface area contributed by atoms with E-state index < -0.39 is 4.92 Å². The zero-order valence-electron chi connectivity index (χ0n) is 10.9. The van der Waals surface area contributed by atoms with Crippen molar-refractivity contribution in [2.75, 3.05) is 17.7 Å². The van der Waals surface area contributed by atoms with Crippen LogP contribution in [-0.2, 0) is 0 Å². The van der Waals surface area contributed by atoms with Crippen molar-refractivity contribution >= 4 is 40.3 Å². The summed E-state index contributed by atoms with van der Waals surface area (Å²) in [5.74, 6) is 0.799. The molecule has 0 aromatic carbocycles. The lowest BCUT2D eigenvalue weighted by atomic mass is 10.2. The van der Waals surface area contributed by atoms with Gasteiger partial charge in [0, 0.05) is 18.0 Å². The quantitative estimate of drug-likeness (QED) is 0.646. The van der Waals surface area contributed by atoms with E-state index in [9.17, 15) is 10.1 Å². The molecule has 20 heavy (non-hydrogen) atoms. The summed E-state index contributed by atoms with van der Waals surface area (Å²) >= 11 is 7.32. The van der Waals surface area contributed by atoms with Gasteiger partial charge in [-0.2, -0.15) is 0 Å². The summed E-state index contributed by atoms with van der Waals surface area (Å²) in [6.07, 6.45) is 0. The zero-order chi connectivity index (χ0) is 14.7. The van der Waals surface area contributed by atoms with Crippen LogP contribution in [0.25, 0.3) is 0 Å². The second-order valence-corrected chi connectivity index (χ2v) is 5.83. The third-order valence-electron chi connectivity index (χ3n) is 2.70. The Balaban J connectivity index is 2.29. The van der Waals surface area contributed by atoms with Gasteiger partial charge in [-0.25, -0.2) is 4.98 Å². The number of rotatable bonds is 5. The highest BCUT2D eigenvalue weighted by Crippen LogP contribution is 2.31. The predicted molar refractivity (Wildman–Crippen MR) is 81.8 cm³/mol. The first-order chi connectivity index (χ1) is 9.51. The van der Waals surface area contributed by atoms with Crippen LogP contribution >= 0.6 is 22.9 Å². The van der Waals surface area contributed by atoms with Gasteiger partial charge >= 0.3 is 5.69 Å². The van der Waals surface area contributed by atoms with Gasteiger partial charge in [-0.05, 0) is 25.1 Å². The SMILES string of the molecule is CNc1ccc([N+](=O)[O-])c(NC(C)c2ccc(Cl)s2)n1. The molecule has 0 aliphatic carbocycles. The van der Waals surface area contributed by atoms with Gasteiger partial charge in [0.2, 0.25) is 5.82 Å². The van der Waals surface area contributed by atoms with E-state index in [4.69, 9.17) is 11.6 Å². The summed E-state index contributed by atoms with van der Waals surface area (Å²) in [5, 5.41) is 16.9. The maximum absolute atomic E-state index is 11.0. The van der Waals surface area contributed by atoms with Gasteiger partial charge in [0.1, 0.15) is 5.82 Å². The van der Waals surface area contributed by atoms with Crippen LogP contribution in [0.5, 0.6) is 0 Å². The van der Waals surface area contributed by atoms with E-state index >= 15 is 0 Å². The molecular weight excluding hydrogens is 300 g/mol. The molecule has 1 unspecified atom stereocenters. The van der Waals surface area contributed by atoms with Gasteiger partial charge in [-0.3, -0.25) is 10.1 Å². The molecule has 106 valence electrons. The lowest BCUT2D eigenvalue weighted by molar-refractivity contribution is -0.384. The van der Waals surface area contributed by atoms with Crippen LogP contribution in [0.4, 0.5) is 17.3 Å². The number of hydrogen-bond acceptors (Lipinski definition) is 6. The molecule has 1 atom stereocenters. The topological polar surface area (TPSA) is 80.1 Å². The molecule has 0 spiro atoms. The Morgan fingerprint density at radius 1 is 1.40 bits per heavy atom. The van der Waals surface area contributed by atoms with Gasteiger partial charge < -0.3 is 10.6 Å². The molecule has 0 bridgehead atoms. The summed E-state index contributed by atoms with van der Waals surface area (Å²) in [6.45, 7) is 1.90. The second kappa shape index (κ2) is 6.06. The van der Waals surface area contributed by atoms with Gasteiger partial charge in [-0.15, -0.1) is 11.3 Å². The fourth-order valence-electron chi connectivity index (χ4n) is 1.68. The molecule has 8 heteroatoms. The smallest absolute Gasteiger partial charge is 0.311 e. The summed E-state index contributed by atoms with van der Waals surface area (Å²) in [7, 11) is 1.71. The lowest BCUT2D eigenvalue weighted by Crippen LogP contribution is -2.09. The van der Waals surface area contributed by atoms with Crippen molar-refractivity contribution in [3.05, 3.63) is 43.6 Å². The number of anilines is 2. The van der Waals surface area contributed by atoms with Gasteiger partial charge in [0.25, 0.3) is 0 Å². The van der Waals surface area contributed by atoms with E-state index in [1.807, 2.05) is 13.0 Å². The molecule has 2 heterocycles. The molecule has 0 saturated heterocycles. The van der Waals surface area contributed by atoms with Crippen LogP contribution in [0.1, 0.15) is 17.8 Å². The summed E-state index contributed by atoms with van der Waals surface area (Å²) in [5.41, 5.74) is -0.0569. The fraction of sp³-hybridized carbons (Fsp3) is 0.250. The molecule has 0 aliphatic heterocycles. The molecule has 0 radical (unpaired) electrons. The van der Waals surface area contributed by atoms with Crippen molar-refractivity contribution < 1.29 is 4.92 Å². The van der Waals surface area contributed by atoms with Crippen LogP contribution in [0.2, 0.25) is 4.34 Å². The monoisotopic (exact) mass is 312 g/mol. The number of hydrogen-bond donors (Lipinski definition) is 2. The molecule has 0 saturated carbocycles. The summed E-state index contributed by atoms with van der Waals surface area (Å²) in [4.78, 5) is 15.8. The van der Waals surface area contributed by atoms with Gasteiger partial charge in [0.05, 0.1) is 15.3 Å². The first-order valence-electron chi connectivity index (χ1n) is 5.86. The Hall–Kier alpha value is -1.86. The number of thiophene rings is 1. The predicted octanol–water partition coefficient (Wildman–Crippen LogP) is 3.92. The molecular formula is C12H13ClN4O2S. The average molecular weight is 313 g/mol. The lowest BCUT2D eigenvalue weighted by Gasteiger charge is -2.13. The highest BCUT2D eigenvalue weighted by atomic mass is 35.5. The molecule has 0 fully saturated rings. The first kappa shape index (κ1) is 14.5. The molecule has 6 nitrogen and oxygen atoms in total. The molecule has 2 aromatic rings. The largest absolute Gasteiger partial charge is 0.373 e. The summed E-state index contributed by atoms with van der Waals surface area (Å²) < 4.78 is 0.681. The molecule has 0 amide bonds. The van der Waals surface area contributed by atoms with Crippen molar-refractivity contribution in [2.45, 2.75) is 13.0 Å². The van der Waals surface area contributed by atoms with Crippen molar-refractivity contribution in [2.24, 2.45) is 0 Å². The van der Waals surface area contributed by atoms with Crippen LogP contribution < -0.4 is 10.6 Å².